The van der Waals surface area contributed by atoms with Crippen LogP contribution in [0, 0.1) is 0 Å². The maximum atomic E-state index is 13.1. The molecule has 7 nitrogen and oxygen atoms in total. The maximum Gasteiger partial charge on any atom is 0.417 e. The molecule has 4 rings (SSSR count). The lowest BCUT2D eigenvalue weighted by Crippen LogP contribution is -2.55. The Morgan fingerprint density at radius 3 is 2.59 bits per heavy atom. The SMILES string of the molecule is CC(=O)N[C@]1(C(=O)c2ccc3cc(Oc4ccc(C(F)(F)F)cn4)ccc3n2)CCNC1. The van der Waals surface area contributed by atoms with E-state index in [2.05, 4.69) is 20.6 Å². The number of hydrogen-bond donors (Lipinski definition) is 2. The Morgan fingerprint density at radius 2 is 1.97 bits per heavy atom. The molecular formula is C22H19F3N4O3. The summed E-state index contributed by atoms with van der Waals surface area (Å²) < 4.78 is 43.5. The van der Waals surface area contributed by atoms with Gasteiger partial charge < -0.3 is 15.4 Å². The van der Waals surface area contributed by atoms with Crippen LogP contribution >= 0.6 is 0 Å². The fraction of sp³-hybridized carbons (Fsp3) is 0.273. The first kappa shape index (κ1) is 21.7. The van der Waals surface area contributed by atoms with Gasteiger partial charge in [-0.3, -0.25) is 9.59 Å². The van der Waals surface area contributed by atoms with Crippen LogP contribution in [-0.4, -0.2) is 40.3 Å². The fourth-order valence-corrected chi connectivity index (χ4v) is 3.65. The lowest BCUT2D eigenvalue weighted by molar-refractivity contribution is -0.137. The minimum Gasteiger partial charge on any atom is -0.439 e. The highest BCUT2D eigenvalue weighted by atomic mass is 19.4. The van der Waals surface area contributed by atoms with Crippen molar-refractivity contribution in [3.63, 3.8) is 0 Å². The first-order chi connectivity index (χ1) is 15.2. The van der Waals surface area contributed by atoms with E-state index in [1.54, 1.807) is 30.3 Å². The molecule has 3 aromatic rings. The van der Waals surface area contributed by atoms with Crippen molar-refractivity contribution in [2.24, 2.45) is 0 Å². The molecule has 32 heavy (non-hydrogen) atoms. The summed E-state index contributed by atoms with van der Waals surface area (Å²) in [7, 11) is 0. The monoisotopic (exact) mass is 444 g/mol. The molecule has 0 saturated carbocycles. The summed E-state index contributed by atoms with van der Waals surface area (Å²) >= 11 is 0. The number of Topliss-reactive ketones (excluding diaryl/α,β-unsaturated/α-hetero) is 1. The Hall–Kier alpha value is -3.53. The van der Waals surface area contributed by atoms with Crippen molar-refractivity contribution in [3.8, 4) is 11.6 Å². The summed E-state index contributed by atoms with van der Waals surface area (Å²) in [5.74, 6) is -0.182. The van der Waals surface area contributed by atoms with E-state index in [9.17, 15) is 22.8 Å². The first-order valence-electron chi connectivity index (χ1n) is 9.82. The molecule has 1 aliphatic heterocycles. The molecule has 2 N–H and O–H groups in total. The second kappa shape index (κ2) is 8.19. The van der Waals surface area contributed by atoms with Crippen LogP contribution in [0.25, 0.3) is 10.9 Å². The standard InChI is InChI=1S/C22H19F3N4O3/c1-13(30)29-21(8-9-26-12-21)20(31)18-5-2-14-10-16(4-6-17(14)28-18)32-19-7-3-15(11-27-19)22(23,24)25/h2-7,10-11,26H,8-9,12H2,1H3,(H,29,30)/t21-/m1/s1. The van der Waals surface area contributed by atoms with E-state index in [0.717, 1.165) is 12.1 Å². The van der Waals surface area contributed by atoms with Gasteiger partial charge in [-0.05, 0) is 43.3 Å². The second-order valence-electron chi connectivity index (χ2n) is 7.56. The van der Waals surface area contributed by atoms with Crippen molar-refractivity contribution in [1.29, 1.82) is 0 Å². The summed E-state index contributed by atoms with van der Waals surface area (Å²) in [6, 6.07) is 10.2. The van der Waals surface area contributed by atoms with E-state index in [0.29, 0.717) is 42.4 Å². The number of nitrogens with one attached hydrogen (secondary N) is 2. The van der Waals surface area contributed by atoms with E-state index in [-0.39, 0.29) is 23.3 Å². The van der Waals surface area contributed by atoms with Crippen molar-refractivity contribution < 1.29 is 27.5 Å². The highest BCUT2D eigenvalue weighted by Crippen LogP contribution is 2.31. The molecule has 1 fully saturated rings. The molecule has 166 valence electrons. The summed E-state index contributed by atoms with van der Waals surface area (Å²) in [6.07, 6.45) is -3.29. The number of carbonyl (C=O) groups is 2. The topological polar surface area (TPSA) is 93.2 Å². The van der Waals surface area contributed by atoms with E-state index >= 15 is 0 Å². The lowest BCUT2D eigenvalue weighted by Gasteiger charge is -2.27. The highest BCUT2D eigenvalue weighted by molar-refractivity contribution is 6.05. The quantitative estimate of drug-likeness (QED) is 0.586. The molecule has 1 saturated heterocycles. The van der Waals surface area contributed by atoms with E-state index in [1.165, 1.54) is 6.92 Å². The zero-order chi connectivity index (χ0) is 22.9. The molecule has 0 spiro atoms. The lowest BCUT2D eigenvalue weighted by atomic mass is 9.90. The molecule has 0 bridgehead atoms. The van der Waals surface area contributed by atoms with Crippen molar-refractivity contribution in [3.05, 3.63) is 59.9 Å². The number of hydrogen-bond acceptors (Lipinski definition) is 6. The van der Waals surface area contributed by atoms with E-state index < -0.39 is 17.3 Å². The Kier molecular flexibility index (Phi) is 5.55. The van der Waals surface area contributed by atoms with Gasteiger partial charge in [0.05, 0.1) is 11.1 Å². The average molecular weight is 444 g/mol. The van der Waals surface area contributed by atoms with Crippen molar-refractivity contribution in [2.45, 2.75) is 25.1 Å². The number of amides is 1. The van der Waals surface area contributed by atoms with Crippen molar-refractivity contribution >= 4 is 22.6 Å². The number of alkyl halides is 3. The molecule has 1 amide bonds. The van der Waals surface area contributed by atoms with Gasteiger partial charge in [0.1, 0.15) is 17.0 Å². The largest absolute Gasteiger partial charge is 0.439 e. The summed E-state index contributed by atoms with van der Waals surface area (Å²) in [5.41, 5.74) is -1.12. The molecular weight excluding hydrogens is 425 g/mol. The number of nitrogens with zero attached hydrogens (tertiary/aromatic N) is 2. The number of pyridine rings is 2. The Balaban J connectivity index is 1.56. The van der Waals surface area contributed by atoms with Crippen LogP contribution in [0.15, 0.2) is 48.7 Å². The molecule has 0 radical (unpaired) electrons. The Labute approximate surface area is 181 Å². The maximum absolute atomic E-state index is 13.1. The van der Waals surface area contributed by atoms with Crippen molar-refractivity contribution in [1.82, 2.24) is 20.6 Å². The van der Waals surface area contributed by atoms with Crippen LogP contribution in [0.2, 0.25) is 0 Å². The molecule has 3 heterocycles. The van der Waals surface area contributed by atoms with Gasteiger partial charge in [-0.2, -0.15) is 13.2 Å². The van der Waals surface area contributed by atoms with E-state index in [1.807, 2.05) is 0 Å². The second-order valence-corrected chi connectivity index (χ2v) is 7.56. The molecule has 0 unspecified atom stereocenters. The molecule has 1 aliphatic rings. The van der Waals surface area contributed by atoms with E-state index in [4.69, 9.17) is 4.74 Å². The number of aromatic nitrogens is 2. The molecule has 2 aromatic heterocycles. The third-order valence-corrected chi connectivity index (χ3v) is 5.18. The Morgan fingerprint density at radius 1 is 1.16 bits per heavy atom. The molecule has 10 heteroatoms. The van der Waals surface area contributed by atoms with Gasteiger partial charge in [0.15, 0.2) is 0 Å². The molecule has 0 aliphatic carbocycles. The summed E-state index contributed by atoms with van der Waals surface area (Å²) in [4.78, 5) is 32.9. The fourth-order valence-electron chi connectivity index (χ4n) is 3.65. The predicted molar refractivity (Wildman–Crippen MR) is 109 cm³/mol. The summed E-state index contributed by atoms with van der Waals surface area (Å²) in [5, 5.41) is 6.53. The van der Waals surface area contributed by atoms with Crippen LogP contribution in [0.3, 0.4) is 0 Å². The normalized spacial score (nSPS) is 18.5. The van der Waals surface area contributed by atoms with Crippen LogP contribution in [0.1, 0.15) is 29.4 Å². The van der Waals surface area contributed by atoms with Gasteiger partial charge >= 0.3 is 6.18 Å². The molecule has 1 atom stereocenters. The summed E-state index contributed by atoms with van der Waals surface area (Å²) in [6.45, 7) is 2.31. The highest BCUT2D eigenvalue weighted by Gasteiger charge is 2.43. The number of ether oxygens (including phenoxy) is 1. The number of ketones is 1. The van der Waals surface area contributed by atoms with Crippen LogP contribution in [0.4, 0.5) is 13.2 Å². The van der Waals surface area contributed by atoms with Gasteiger partial charge in [0, 0.05) is 31.1 Å². The smallest absolute Gasteiger partial charge is 0.417 e. The third-order valence-electron chi connectivity index (χ3n) is 5.18. The number of benzene rings is 1. The minimum atomic E-state index is -4.47. The van der Waals surface area contributed by atoms with Crippen LogP contribution in [-0.2, 0) is 11.0 Å². The molecule has 1 aromatic carbocycles. The predicted octanol–water partition coefficient (Wildman–Crippen LogP) is 3.49. The average Bonchev–Trinajstić information content (AvgIpc) is 3.21. The zero-order valence-corrected chi connectivity index (χ0v) is 17.0. The van der Waals surface area contributed by atoms with Gasteiger partial charge in [0.25, 0.3) is 0 Å². The minimum absolute atomic E-state index is 0.0167. The van der Waals surface area contributed by atoms with Gasteiger partial charge in [-0.1, -0.05) is 6.07 Å². The van der Waals surface area contributed by atoms with Crippen molar-refractivity contribution in [2.75, 3.05) is 13.1 Å². The Bertz CT molecular complexity index is 1170. The van der Waals surface area contributed by atoms with Gasteiger partial charge in [-0.25, -0.2) is 9.97 Å². The number of halogens is 3. The van der Waals surface area contributed by atoms with Gasteiger partial charge in [-0.15, -0.1) is 0 Å². The first-order valence-corrected chi connectivity index (χ1v) is 9.82. The third kappa shape index (κ3) is 4.40. The zero-order valence-electron chi connectivity index (χ0n) is 17.0. The van der Waals surface area contributed by atoms with Gasteiger partial charge in [0.2, 0.25) is 17.6 Å². The number of carbonyl (C=O) groups excluding carboxylic acids is 2. The number of fused-ring (bicyclic) bond motifs is 1. The van der Waals surface area contributed by atoms with Crippen LogP contribution < -0.4 is 15.4 Å². The van der Waals surface area contributed by atoms with Crippen LogP contribution in [0.5, 0.6) is 11.6 Å². The number of rotatable bonds is 5.